The molecule has 6 heteroatoms. The predicted octanol–water partition coefficient (Wildman–Crippen LogP) is 6.47. The smallest absolute Gasteiger partial charge is 0.334 e. The zero-order chi connectivity index (χ0) is 23.8. The van der Waals surface area contributed by atoms with Crippen LogP contribution in [0.25, 0.3) is 17.0 Å². The van der Waals surface area contributed by atoms with Crippen LogP contribution < -0.4 is 9.47 Å². The summed E-state index contributed by atoms with van der Waals surface area (Å²) in [6, 6.07) is 20.3. The van der Waals surface area contributed by atoms with Crippen LogP contribution >= 0.6 is 11.6 Å². The summed E-state index contributed by atoms with van der Waals surface area (Å²) in [5.74, 6) is 0.0848. The lowest BCUT2D eigenvalue weighted by Gasteiger charge is -2.11. The van der Waals surface area contributed by atoms with Crippen LogP contribution in [0.5, 0.6) is 11.5 Å². The molecule has 0 spiro atoms. The molecular formula is C28H22ClNO4. The molecule has 1 aliphatic heterocycles. The molecule has 5 rings (SSSR count). The third-order valence-electron chi connectivity index (χ3n) is 5.91. The average molecular weight is 472 g/mol. The van der Waals surface area contributed by atoms with Gasteiger partial charge in [0.15, 0.2) is 11.1 Å². The second kappa shape index (κ2) is 8.84. The molecule has 1 aliphatic rings. The molecular weight excluding hydrogens is 450 g/mol. The molecule has 0 N–H and O–H groups in total. The Labute approximate surface area is 202 Å². The Hall–Kier alpha value is -3.83. The Morgan fingerprint density at radius 2 is 1.85 bits per heavy atom. The van der Waals surface area contributed by atoms with Gasteiger partial charge in [0.2, 0.25) is 5.78 Å². The van der Waals surface area contributed by atoms with Crippen LogP contribution in [0.3, 0.4) is 0 Å². The summed E-state index contributed by atoms with van der Waals surface area (Å²) in [5, 5.41) is 0.105. The first-order valence-electron chi connectivity index (χ1n) is 11.0. The first-order chi connectivity index (χ1) is 16.5. The molecule has 0 bridgehead atoms. The van der Waals surface area contributed by atoms with Gasteiger partial charge in [0.1, 0.15) is 11.5 Å². The van der Waals surface area contributed by atoms with Crippen molar-refractivity contribution in [2.75, 3.05) is 0 Å². The van der Waals surface area contributed by atoms with Gasteiger partial charge in [-0.1, -0.05) is 48.5 Å². The maximum Gasteiger partial charge on any atom is 0.334 e. The number of ether oxygens (including phenoxy) is 2. The Morgan fingerprint density at radius 3 is 2.62 bits per heavy atom. The highest BCUT2D eigenvalue weighted by atomic mass is 35.5. The Bertz CT molecular complexity index is 1450. The number of ketones is 1. The second-order valence-electron chi connectivity index (χ2n) is 8.14. The van der Waals surface area contributed by atoms with Crippen molar-refractivity contribution in [3.05, 3.63) is 101 Å². The van der Waals surface area contributed by atoms with E-state index in [1.54, 1.807) is 37.3 Å². The number of carbonyl (C=O) groups excluding carboxylic acids is 2. The van der Waals surface area contributed by atoms with Crippen LogP contribution in [0.15, 0.2) is 78.7 Å². The minimum atomic E-state index is -0.941. The maximum atomic E-state index is 13.1. The van der Waals surface area contributed by atoms with Crippen molar-refractivity contribution < 1.29 is 19.1 Å². The summed E-state index contributed by atoms with van der Waals surface area (Å²) in [4.78, 5) is 25.7. The van der Waals surface area contributed by atoms with E-state index in [0.29, 0.717) is 22.4 Å². The molecule has 0 aliphatic carbocycles. The molecule has 0 saturated heterocycles. The van der Waals surface area contributed by atoms with Crippen molar-refractivity contribution in [2.45, 2.75) is 25.8 Å². The monoisotopic (exact) mass is 471 g/mol. The Morgan fingerprint density at radius 1 is 1.12 bits per heavy atom. The molecule has 170 valence electrons. The first-order valence-corrected chi connectivity index (χ1v) is 11.5. The third-order valence-corrected chi connectivity index (χ3v) is 6.34. The van der Waals surface area contributed by atoms with E-state index < -0.39 is 11.3 Å². The van der Waals surface area contributed by atoms with Gasteiger partial charge < -0.3 is 14.0 Å². The minimum absolute atomic E-state index is 0.196. The summed E-state index contributed by atoms with van der Waals surface area (Å²) in [6.07, 6.45) is 3.79. The molecule has 1 aromatic heterocycles. The van der Waals surface area contributed by atoms with Gasteiger partial charge in [-0.05, 0) is 43.2 Å². The van der Waals surface area contributed by atoms with Crippen LogP contribution in [0.1, 0.15) is 39.3 Å². The standard InChI is InChI=1S/C28H22ClNO4/c1-3-30-16-19(21-11-7-8-12-22(21)30)14-24-27(31)25-17(2)13-20(15-23(25)34-24)33-28(32)26(29)18-9-5-4-6-10-18/h4-16,26H,3H2,1-2H3/b24-14-. The number of benzene rings is 3. The first kappa shape index (κ1) is 22.0. The summed E-state index contributed by atoms with van der Waals surface area (Å²) < 4.78 is 13.6. The van der Waals surface area contributed by atoms with Gasteiger partial charge in [-0.25, -0.2) is 4.79 Å². The number of hydrogen-bond acceptors (Lipinski definition) is 4. The van der Waals surface area contributed by atoms with Crippen molar-refractivity contribution in [3.63, 3.8) is 0 Å². The number of carbonyl (C=O) groups is 2. The Kier molecular flexibility index (Phi) is 5.72. The SMILES string of the molecule is CCn1cc(/C=C2\Oc3cc(OC(=O)C(Cl)c4ccccc4)cc(C)c3C2=O)c2ccccc21. The fourth-order valence-corrected chi connectivity index (χ4v) is 4.45. The highest BCUT2D eigenvalue weighted by Gasteiger charge is 2.31. The van der Waals surface area contributed by atoms with E-state index in [0.717, 1.165) is 23.0 Å². The topological polar surface area (TPSA) is 57.5 Å². The van der Waals surface area contributed by atoms with Crippen LogP contribution in [0, 0.1) is 6.92 Å². The van der Waals surface area contributed by atoms with Gasteiger partial charge in [-0.3, -0.25) is 4.79 Å². The lowest BCUT2D eigenvalue weighted by atomic mass is 10.0. The molecule has 4 aromatic rings. The number of aryl methyl sites for hydroxylation is 2. The predicted molar refractivity (Wildman–Crippen MR) is 132 cm³/mol. The van der Waals surface area contributed by atoms with Crippen molar-refractivity contribution in [2.24, 2.45) is 0 Å². The molecule has 2 heterocycles. The molecule has 0 saturated carbocycles. The number of Topliss-reactive ketones (excluding diaryl/α,β-unsaturated/α-hetero) is 1. The van der Waals surface area contributed by atoms with Gasteiger partial charge in [0.25, 0.3) is 0 Å². The van der Waals surface area contributed by atoms with Gasteiger partial charge in [0.05, 0.1) is 5.56 Å². The molecule has 1 unspecified atom stereocenters. The number of alkyl halides is 1. The van der Waals surface area contributed by atoms with E-state index in [1.165, 1.54) is 0 Å². The summed E-state index contributed by atoms with van der Waals surface area (Å²) in [5.41, 5.74) is 3.78. The number of halogens is 1. The number of nitrogens with zero attached hydrogens (tertiary/aromatic N) is 1. The fourth-order valence-electron chi connectivity index (χ4n) is 4.26. The normalized spacial score (nSPS) is 14.8. The number of para-hydroxylation sites is 1. The number of rotatable bonds is 5. The lowest BCUT2D eigenvalue weighted by molar-refractivity contribution is -0.134. The zero-order valence-corrected chi connectivity index (χ0v) is 19.5. The number of allylic oxidation sites excluding steroid dienone is 1. The molecule has 5 nitrogen and oxygen atoms in total. The summed E-state index contributed by atoms with van der Waals surface area (Å²) >= 11 is 6.29. The molecule has 0 amide bonds. The van der Waals surface area contributed by atoms with Crippen LogP contribution in [0.4, 0.5) is 0 Å². The van der Waals surface area contributed by atoms with Crippen molar-refractivity contribution in [1.82, 2.24) is 4.57 Å². The molecule has 0 fully saturated rings. The van der Waals surface area contributed by atoms with Crippen LogP contribution in [-0.2, 0) is 11.3 Å². The average Bonchev–Trinajstić information content (AvgIpc) is 3.36. The van der Waals surface area contributed by atoms with E-state index >= 15 is 0 Å². The zero-order valence-electron chi connectivity index (χ0n) is 18.7. The summed E-state index contributed by atoms with van der Waals surface area (Å²) in [7, 11) is 0. The highest BCUT2D eigenvalue weighted by Crippen LogP contribution is 2.38. The molecule has 1 atom stereocenters. The van der Waals surface area contributed by atoms with Crippen molar-refractivity contribution >= 4 is 40.3 Å². The second-order valence-corrected chi connectivity index (χ2v) is 8.57. The fraction of sp³-hybridized carbons (Fsp3) is 0.143. The van der Waals surface area contributed by atoms with E-state index in [1.807, 2.05) is 42.6 Å². The number of aromatic nitrogens is 1. The largest absolute Gasteiger partial charge is 0.452 e. The van der Waals surface area contributed by atoms with Gasteiger partial charge in [-0.2, -0.15) is 0 Å². The quantitative estimate of drug-likeness (QED) is 0.145. The van der Waals surface area contributed by atoms with Gasteiger partial charge in [0, 0.05) is 35.3 Å². The number of hydrogen-bond donors (Lipinski definition) is 0. The van der Waals surface area contributed by atoms with E-state index in [-0.39, 0.29) is 17.3 Å². The number of esters is 1. The molecule has 0 radical (unpaired) electrons. The van der Waals surface area contributed by atoms with Gasteiger partial charge >= 0.3 is 5.97 Å². The minimum Gasteiger partial charge on any atom is -0.452 e. The Balaban J connectivity index is 1.43. The highest BCUT2D eigenvalue weighted by molar-refractivity contribution is 6.30. The summed E-state index contributed by atoms with van der Waals surface area (Å²) in [6.45, 7) is 4.68. The lowest BCUT2D eigenvalue weighted by Crippen LogP contribution is -2.14. The van der Waals surface area contributed by atoms with E-state index in [9.17, 15) is 9.59 Å². The number of fused-ring (bicyclic) bond motifs is 2. The third kappa shape index (κ3) is 3.88. The molecule has 3 aromatic carbocycles. The van der Waals surface area contributed by atoms with Crippen LogP contribution in [0.2, 0.25) is 0 Å². The maximum absolute atomic E-state index is 13.1. The van der Waals surface area contributed by atoms with E-state index in [4.69, 9.17) is 21.1 Å². The van der Waals surface area contributed by atoms with Crippen molar-refractivity contribution in [1.29, 1.82) is 0 Å². The molecule has 34 heavy (non-hydrogen) atoms. The van der Waals surface area contributed by atoms with Gasteiger partial charge in [-0.15, -0.1) is 11.6 Å². The van der Waals surface area contributed by atoms with Crippen LogP contribution in [-0.4, -0.2) is 16.3 Å². The van der Waals surface area contributed by atoms with Crippen molar-refractivity contribution in [3.8, 4) is 11.5 Å². The van der Waals surface area contributed by atoms with E-state index in [2.05, 4.69) is 17.6 Å².